The zero-order valence-corrected chi connectivity index (χ0v) is 13.8. The number of nitrogens with zero attached hydrogens (tertiary/aromatic N) is 1. The van der Waals surface area contributed by atoms with Gasteiger partial charge in [-0.25, -0.2) is 0 Å². The molecule has 6 heteroatoms. The summed E-state index contributed by atoms with van der Waals surface area (Å²) in [5.41, 5.74) is 1.84. The van der Waals surface area contributed by atoms with E-state index in [1.807, 2.05) is 6.07 Å². The van der Waals surface area contributed by atoms with E-state index in [1.165, 1.54) is 6.07 Å². The van der Waals surface area contributed by atoms with Gasteiger partial charge in [-0.1, -0.05) is 12.1 Å². The maximum Gasteiger partial charge on any atom is 0.261 e. The summed E-state index contributed by atoms with van der Waals surface area (Å²) in [5.74, 6) is -0.578. The summed E-state index contributed by atoms with van der Waals surface area (Å²) < 4.78 is 0. The molecule has 0 radical (unpaired) electrons. The Kier molecular flexibility index (Phi) is 4.48. The van der Waals surface area contributed by atoms with E-state index in [-0.39, 0.29) is 17.4 Å². The Bertz CT molecular complexity index is 936. The average molecular weight is 335 g/mol. The van der Waals surface area contributed by atoms with Gasteiger partial charge in [0.2, 0.25) is 0 Å². The van der Waals surface area contributed by atoms with Gasteiger partial charge in [0.05, 0.1) is 17.7 Å². The lowest BCUT2D eigenvalue weighted by atomic mass is 9.93. The number of nitriles is 1. The number of carbonyl (C=O) groups is 2. The molecule has 0 aliphatic heterocycles. The summed E-state index contributed by atoms with van der Waals surface area (Å²) in [6, 6.07) is 9.94. The number of aromatic amines is 1. The lowest BCUT2D eigenvalue weighted by Crippen LogP contribution is -2.33. The third-order valence-electron chi connectivity index (χ3n) is 4.39. The zero-order valence-electron chi connectivity index (χ0n) is 13.8. The van der Waals surface area contributed by atoms with Crippen LogP contribution in [-0.4, -0.2) is 16.7 Å². The van der Waals surface area contributed by atoms with E-state index in [0.29, 0.717) is 36.1 Å². The second kappa shape index (κ2) is 6.73. The number of rotatable bonds is 3. The summed E-state index contributed by atoms with van der Waals surface area (Å²) >= 11 is 0. The van der Waals surface area contributed by atoms with Gasteiger partial charge in [0.25, 0.3) is 11.5 Å². The van der Waals surface area contributed by atoms with Gasteiger partial charge < -0.3 is 10.3 Å². The largest absolute Gasteiger partial charge is 0.345 e. The first-order valence-electron chi connectivity index (χ1n) is 8.10. The van der Waals surface area contributed by atoms with Crippen LogP contribution >= 0.6 is 0 Å². The number of benzene rings is 1. The molecule has 0 unspecified atom stereocenters. The number of hydrogen-bond acceptors (Lipinski definition) is 4. The fourth-order valence-electron chi connectivity index (χ4n) is 2.95. The predicted molar refractivity (Wildman–Crippen MR) is 91.4 cm³/mol. The molecule has 0 fully saturated rings. The van der Waals surface area contributed by atoms with Crippen molar-refractivity contribution in [3.63, 3.8) is 0 Å². The average Bonchev–Trinajstić information content (AvgIpc) is 2.61. The quantitative estimate of drug-likeness (QED) is 0.898. The number of carbonyl (C=O) groups excluding carboxylic acids is 2. The fourth-order valence-corrected chi connectivity index (χ4v) is 2.95. The van der Waals surface area contributed by atoms with E-state index in [2.05, 4.69) is 10.3 Å². The Labute approximate surface area is 144 Å². The lowest BCUT2D eigenvalue weighted by molar-refractivity contribution is 0.0938. The molecule has 1 heterocycles. The minimum Gasteiger partial charge on any atom is -0.345 e. The molecule has 6 nitrogen and oxygen atoms in total. The van der Waals surface area contributed by atoms with Crippen LogP contribution in [0.3, 0.4) is 0 Å². The van der Waals surface area contributed by atoms with Gasteiger partial charge in [-0.15, -0.1) is 0 Å². The number of aromatic nitrogens is 1. The predicted octanol–water partition coefficient (Wildman–Crippen LogP) is 2.26. The van der Waals surface area contributed by atoms with Crippen molar-refractivity contribution in [2.75, 3.05) is 0 Å². The molecule has 1 aromatic carbocycles. The third-order valence-corrected chi connectivity index (χ3v) is 4.39. The highest BCUT2D eigenvalue weighted by Gasteiger charge is 2.22. The summed E-state index contributed by atoms with van der Waals surface area (Å²) in [6.07, 6.45) is 1.78. The van der Waals surface area contributed by atoms with Crippen LogP contribution < -0.4 is 10.9 Å². The molecule has 1 amide bonds. The van der Waals surface area contributed by atoms with E-state index < -0.39 is 11.5 Å². The maximum atomic E-state index is 12.5. The van der Waals surface area contributed by atoms with E-state index in [1.54, 1.807) is 31.2 Å². The smallest absolute Gasteiger partial charge is 0.261 e. The molecule has 0 saturated carbocycles. The van der Waals surface area contributed by atoms with Gasteiger partial charge in [-0.05, 0) is 43.5 Å². The molecule has 2 N–H and O–H groups in total. The monoisotopic (exact) mass is 335 g/mol. The van der Waals surface area contributed by atoms with Crippen LogP contribution in [0.25, 0.3) is 0 Å². The molecule has 1 atom stereocenters. The van der Waals surface area contributed by atoms with Crippen molar-refractivity contribution in [2.45, 2.75) is 32.2 Å². The van der Waals surface area contributed by atoms with Crippen molar-refractivity contribution in [2.24, 2.45) is 0 Å². The summed E-state index contributed by atoms with van der Waals surface area (Å²) in [4.78, 5) is 39.3. The molecule has 126 valence electrons. The van der Waals surface area contributed by atoms with Crippen molar-refractivity contribution in [1.82, 2.24) is 10.3 Å². The Morgan fingerprint density at radius 2 is 1.96 bits per heavy atom. The van der Waals surface area contributed by atoms with Crippen LogP contribution in [0.1, 0.15) is 63.3 Å². The number of hydrogen-bond donors (Lipinski definition) is 2. The molecule has 25 heavy (non-hydrogen) atoms. The third kappa shape index (κ3) is 3.36. The molecule has 0 saturated heterocycles. The minimum atomic E-state index is -0.528. The van der Waals surface area contributed by atoms with Gasteiger partial charge in [-0.2, -0.15) is 5.26 Å². The number of nitrogens with one attached hydrogen (secondary N) is 2. The van der Waals surface area contributed by atoms with Gasteiger partial charge in [-0.3, -0.25) is 14.4 Å². The first-order valence-corrected chi connectivity index (χ1v) is 8.10. The molecule has 1 aliphatic rings. The van der Waals surface area contributed by atoms with Crippen LogP contribution in [0.15, 0.2) is 35.1 Å². The van der Waals surface area contributed by atoms with Crippen molar-refractivity contribution in [1.29, 1.82) is 5.26 Å². The number of amides is 1. The molecule has 2 aromatic rings. The van der Waals surface area contributed by atoms with Crippen molar-refractivity contribution in [3.05, 3.63) is 68.6 Å². The Hall–Kier alpha value is -3.20. The second-order valence-corrected chi connectivity index (χ2v) is 6.11. The molecule has 0 bridgehead atoms. The number of ketones is 1. The van der Waals surface area contributed by atoms with E-state index in [4.69, 9.17) is 5.26 Å². The fraction of sp³-hybridized carbons (Fsp3) is 0.263. The summed E-state index contributed by atoms with van der Waals surface area (Å²) in [5, 5.41) is 11.6. The number of fused-ring (bicyclic) bond motifs is 1. The van der Waals surface area contributed by atoms with E-state index >= 15 is 0 Å². The van der Waals surface area contributed by atoms with Crippen LogP contribution in [-0.2, 0) is 6.42 Å². The van der Waals surface area contributed by atoms with Crippen molar-refractivity contribution in [3.8, 4) is 6.07 Å². The highest BCUT2D eigenvalue weighted by molar-refractivity contribution is 6.01. The number of H-pyrrole nitrogens is 1. The molecule has 1 aromatic heterocycles. The second-order valence-electron chi connectivity index (χ2n) is 6.11. The Balaban J connectivity index is 1.83. The van der Waals surface area contributed by atoms with Crippen LogP contribution in [0.2, 0.25) is 0 Å². The highest BCUT2D eigenvalue weighted by Crippen LogP contribution is 2.19. The molecule has 0 spiro atoms. The molecule has 1 aliphatic carbocycles. The molecule has 3 rings (SSSR count). The number of pyridine rings is 1. The van der Waals surface area contributed by atoms with Crippen LogP contribution in [0.5, 0.6) is 0 Å². The lowest BCUT2D eigenvalue weighted by Gasteiger charge is -2.17. The number of Topliss-reactive ketones (excluding diaryl/α,β-unsaturated/α-hetero) is 1. The number of aryl methyl sites for hydroxylation is 1. The molecular formula is C19H17N3O3. The highest BCUT2D eigenvalue weighted by atomic mass is 16.2. The van der Waals surface area contributed by atoms with Gasteiger partial charge in [0, 0.05) is 17.7 Å². The Morgan fingerprint density at radius 1 is 1.24 bits per heavy atom. The zero-order chi connectivity index (χ0) is 18.0. The van der Waals surface area contributed by atoms with Gasteiger partial charge in [0.1, 0.15) is 5.56 Å². The standard InChI is InChI=1S/C19H17N3O3/c1-11(13-7-5-12(10-20)6-8-13)21-18(24)15-9-14-16(22-19(15)25)3-2-4-17(14)23/h5-9,11H,2-4H2,1H3,(H,21,24)(H,22,25)/t11-/m0/s1. The maximum absolute atomic E-state index is 12.5. The first-order chi connectivity index (χ1) is 12.0. The van der Waals surface area contributed by atoms with Crippen LogP contribution in [0.4, 0.5) is 0 Å². The SMILES string of the molecule is C[C@H](NC(=O)c1cc2c([nH]c1=O)CCCC2=O)c1ccc(C#N)cc1. The van der Waals surface area contributed by atoms with Gasteiger partial charge in [0.15, 0.2) is 5.78 Å². The Morgan fingerprint density at radius 3 is 2.64 bits per heavy atom. The topological polar surface area (TPSA) is 103 Å². The van der Waals surface area contributed by atoms with E-state index in [9.17, 15) is 14.4 Å². The van der Waals surface area contributed by atoms with Crippen molar-refractivity contribution >= 4 is 11.7 Å². The molecular weight excluding hydrogens is 318 g/mol. The normalized spacial score (nSPS) is 14.3. The summed E-state index contributed by atoms with van der Waals surface area (Å²) in [6.45, 7) is 1.79. The van der Waals surface area contributed by atoms with E-state index in [0.717, 1.165) is 5.56 Å². The minimum absolute atomic E-state index is 0.0494. The van der Waals surface area contributed by atoms with Gasteiger partial charge >= 0.3 is 0 Å². The van der Waals surface area contributed by atoms with Crippen LogP contribution in [0, 0.1) is 11.3 Å². The summed E-state index contributed by atoms with van der Waals surface area (Å²) in [7, 11) is 0. The first kappa shape index (κ1) is 16.7. The van der Waals surface area contributed by atoms with Crippen molar-refractivity contribution < 1.29 is 9.59 Å².